The van der Waals surface area contributed by atoms with Crippen LogP contribution >= 0.6 is 28.3 Å². The highest BCUT2D eigenvalue weighted by molar-refractivity contribution is 9.10. The minimum Gasteiger partial charge on any atom is -0.493 e. The Morgan fingerprint density at radius 3 is 2.59 bits per heavy atom. The molecule has 0 spiro atoms. The molecule has 0 aliphatic heterocycles. The number of rotatable bonds is 7. The van der Waals surface area contributed by atoms with Gasteiger partial charge in [0.05, 0.1) is 24.9 Å². The summed E-state index contributed by atoms with van der Waals surface area (Å²) < 4.78 is 30.8. The van der Waals surface area contributed by atoms with Crippen molar-refractivity contribution in [2.24, 2.45) is 0 Å². The fraction of sp³-hybridized carbons (Fsp3) is 0.222. The summed E-state index contributed by atoms with van der Waals surface area (Å²) in [5, 5.41) is 3.69. The standard InChI is InChI=1S/C18H17BrFN3O3.ClH/c1-24-5-6-26-17-9-15-12(8-16(17)25-2)18(22-10-21-15)23-14-4-3-11(19)7-13(14)20;/h3-4,7-10H,5-6H2,1-2H3,(H,21,22,23);1H. The minimum absolute atomic E-state index is 0. The average molecular weight is 459 g/mol. The zero-order valence-corrected chi connectivity index (χ0v) is 17.1. The van der Waals surface area contributed by atoms with Gasteiger partial charge in [0.15, 0.2) is 11.5 Å². The highest BCUT2D eigenvalue weighted by Crippen LogP contribution is 2.35. The third-order valence-corrected chi connectivity index (χ3v) is 4.14. The van der Waals surface area contributed by atoms with Crippen LogP contribution in [0.5, 0.6) is 11.5 Å². The van der Waals surface area contributed by atoms with Gasteiger partial charge >= 0.3 is 0 Å². The van der Waals surface area contributed by atoms with Gasteiger partial charge in [-0.1, -0.05) is 15.9 Å². The Bertz CT molecular complexity index is 930. The zero-order chi connectivity index (χ0) is 18.5. The largest absolute Gasteiger partial charge is 0.493 e. The smallest absolute Gasteiger partial charge is 0.163 e. The first-order valence-electron chi connectivity index (χ1n) is 7.79. The Balaban J connectivity index is 0.00000261. The van der Waals surface area contributed by atoms with Crippen LogP contribution in [0.3, 0.4) is 0 Å². The normalized spacial score (nSPS) is 10.4. The number of hydrogen-bond donors (Lipinski definition) is 1. The summed E-state index contributed by atoms with van der Waals surface area (Å²) in [6, 6.07) is 8.28. The second-order valence-corrected chi connectivity index (χ2v) is 6.25. The number of hydrogen-bond acceptors (Lipinski definition) is 6. The molecule has 0 fully saturated rings. The van der Waals surface area contributed by atoms with Crippen molar-refractivity contribution < 1.29 is 18.6 Å². The molecule has 3 aromatic rings. The number of fused-ring (bicyclic) bond motifs is 1. The molecule has 0 aliphatic rings. The number of nitrogens with one attached hydrogen (secondary N) is 1. The Hall–Kier alpha value is -2.16. The summed E-state index contributed by atoms with van der Waals surface area (Å²) in [6.45, 7) is 0.847. The van der Waals surface area contributed by atoms with E-state index in [1.54, 1.807) is 38.5 Å². The molecular weight excluding hydrogens is 441 g/mol. The molecule has 0 aliphatic carbocycles. The van der Waals surface area contributed by atoms with Gasteiger partial charge in [0.2, 0.25) is 0 Å². The van der Waals surface area contributed by atoms with E-state index in [2.05, 4.69) is 31.2 Å². The Morgan fingerprint density at radius 2 is 1.89 bits per heavy atom. The lowest BCUT2D eigenvalue weighted by Crippen LogP contribution is -2.05. The van der Waals surface area contributed by atoms with Gasteiger partial charge in [-0.2, -0.15) is 0 Å². The first-order valence-corrected chi connectivity index (χ1v) is 8.58. The predicted molar refractivity (Wildman–Crippen MR) is 108 cm³/mol. The van der Waals surface area contributed by atoms with E-state index in [1.807, 2.05) is 0 Å². The van der Waals surface area contributed by atoms with E-state index in [-0.39, 0.29) is 12.4 Å². The fourth-order valence-electron chi connectivity index (χ4n) is 2.39. The lowest BCUT2D eigenvalue weighted by atomic mass is 10.2. The first kappa shape index (κ1) is 21.1. The van der Waals surface area contributed by atoms with Gasteiger partial charge in [-0.3, -0.25) is 0 Å². The molecule has 0 amide bonds. The Kier molecular flexibility index (Phi) is 7.58. The van der Waals surface area contributed by atoms with Crippen molar-refractivity contribution in [1.82, 2.24) is 9.97 Å². The third-order valence-electron chi connectivity index (χ3n) is 3.65. The lowest BCUT2D eigenvalue weighted by Gasteiger charge is -2.14. The van der Waals surface area contributed by atoms with Crippen molar-refractivity contribution in [2.45, 2.75) is 0 Å². The van der Waals surface area contributed by atoms with Crippen LogP contribution in [0.4, 0.5) is 15.9 Å². The highest BCUT2D eigenvalue weighted by Gasteiger charge is 2.13. The van der Waals surface area contributed by atoms with Crippen molar-refractivity contribution in [3.05, 3.63) is 46.9 Å². The van der Waals surface area contributed by atoms with Crippen LogP contribution in [0.15, 0.2) is 41.1 Å². The highest BCUT2D eigenvalue weighted by atomic mass is 79.9. The molecule has 0 saturated heterocycles. The predicted octanol–water partition coefficient (Wildman–Crippen LogP) is 4.73. The van der Waals surface area contributed by atoms with E-state index in [9.17, 15) is 4.39 Å². The van der Waals surface area contributed by atoms with Crippen LogP contribution in [0.2, 0.25) is 0 Å². The number of anilines is 2. The number of nitrogens with zero attached hydrogens (tertiary/aromatic N) is 2. The Morgan fingerprint density at radius 1 is 1.07 bits per heavy atom. The number of benzene rings is 2. The van der Waals surface area contributed by atoms with Crippen LogP contribution < -0.4 is 14.8 Å². The van der Waals surface area contributed by atoms with Crippen LogP contribution in [-0.4, -0.2) is 37.4 Å². The van der Waals surface area contributed by atoms with Crippen LogP contribution in [0.25, 0.3) is 10.9 Å². The van der Waals surface area contributed by atoms with Crippen molar-refractivity contribution in [3.63, 3.8) is 0 Å². The molecule has 0 saturated carbocycles. The molecule has 0 atom stereocenters. The Labute approximate surface area is 170 Å². The summed E-state index contributed by atoms with van der Waals surface area (Å²) >= 11 is 3.24. The maximum atomic E-state index is 14.1. The van der Waals surface area contributed by atoms with Crippen molar-refractivity contribution >= 4 is 50.7 Å². The molecule has 1 aromatic heterocycles. The molecule has 0 unspecified atom stereocenters. The number of methoxy groups -OCH3 is 2. The second-order valence-electron chi connectivity index (χ2n) is 5.33. The molecule has 1 N–H and O–H groups in total. The van der Waals surface area contributed by atoms with Crippen LogP contribution in [-0.2, 0) is 4.74 Å². The number of ether oxygens (including phenoxy) is 3. The van der Waals surface area contributed by atoms with Gasteiger partial charge in [0, 0.05) is 23.0 Å². The van der Waals surface area contributed by atoms with E-state index in [1.165, 1.54) is 12.4 Å². The molecule has 0 bridgehead atoms. The third kappa shape index (κ3) is 4.97. The maximum absolute atomic E-state index is 14.1. The topological polar surface area (TPSA) is 65.5 Å². The summed E-state index contributed by atoms with van der Waals surface area (Å²) in [4.78, 5) is 8.49. The molecule has 0 radical (unpaired) electrons. The zero-order valence-electron chi connectivity index (χ0n) is 14.7. The summed E-state index contributed by atoms with van der Waals surface area (Å²) in [6.07, 6.45) is 1.41. The second kappa shape index (κ2) is 9.68. The number of halogens is 3. The summed E-state index contributed by atoms with van der Waals surface area (Å²) in [7, 11) is 3.16. The molecular formula is C18H18BrClFN3O3. The molecule has 144 valence electrons. The monoisotopic (exact) mass is 457 g/mol. The van der Waals surface area contributed by atoms with Crippen molar-refractivity contribution in [1.29, 1.82) is 0 Å². The van der Waals surface area contributed by atoms with E-state index in [0.717, 1.165) is 0 Å². The summed E-state index contributed by atoms with van der Waals surface area (Å²) in [5.41, 5.74) is 0.959. The fourth-order valence-corrected chi connectivity index (χ4v) is 2.72. The van der Waals surface area contributed by atoms with E-state index in [0.29, 0.717) is 51.6 Å². The van der Waals surface area contributed by atoms with Gasteiger partial charge < -0.3 is 19.5 Å². The van der Waals surface area contributed by atoms with Crippen LogP contribution in [0.1, 0.15) is 0 Å². The summed E-state index contributed by atoms with van der Waals surface area (Å²) in [5.74, 6) is 1.16. The van der Waals surface area contributed by atoms with E-state index in [4.69, 9.17) is 14.2 Å². The van der Waals surface area contributed by atoms with Gasteiger partial charge in [0.1, 0.15) is 24.6 Å². The SMILES string of the molecule is COCCOc1cc2ncnc(Nc3ccc(Br)cc3F)c2cc1OC.Cl. The average Bonchev–Trinajstić information content (AvgIpc) is 2.64. The van der Waals surface area contributed by atoms with Gasteiger partial charge in [-0.15, -0.1) is 12.4 Å². The molecule has 2 aromatic carbocycles. The molecule has 9 heteroatoms. The molecule has 1 heterocycles. The van der Waals surface area contributed by atoms with Crippen molar-refractivity contribution in [2.75, 3.05) is 32.8 Å². The van der Waals surface area contributed by atoms with Crippen LogP contribution in [0, 0.1) is 5.82 Å². The van der Waals surface area contributed by atoms with Crippen molar-refractivity contribution in [3.8, 4) is 11.5 Å². The minimum atomic E-state index is -0.391. The first-order chi connectivity index (χ1) is 12.6. The molecule has 6 nitrogen and oxygen atoms in total. The lowest BCUT2D eigenvalue weighted by molar-refractivity contribution is 0.144. The van der Waals surface area contributed by atoms with E-state index >= 15 is 0 Å². The number of aromatic nitrogens is 2. The molecule has 27 heavy (non-hydrogen) atoms. The maximum Gasteiger partial charge on any atom is 0.163 e. The van der Waals surface area contributed by atoms with Gasteiger partial charge in [-0.05, 0) is 24.3 Å². The quantitative estimate of drug-likeness (QED) is 0.516. The van der Waals surface area contributed by atoms with Gasteiger partial charge in [0.25, 0.3) is 0 Å². The molecule has 3 rings (SSSR count). The van der Waals surface area contributed by atoms with E-state index < -0.39 is 5.82 Å². The van der Waals surface area contributed by atoms with Gasteiger partial charge in [-0.25, -0.2) is 14.4 Å².